The Bertz CT molecular complexity index is 1160. The third-order valence-corrected chi connectivity index (χ3v) is 4.63. The minimum Gasteiger partial charge on any atom is -0.442 e. The minimum atomic E-state index is -8.87. The zero-order chi connectivity index (χ0) is 40.4. The Morgan fingerprint density at radius 3 is 0.612 bits per heavy atom. The van der Waals surface area contributed by atoms with Crippen LogP contribution in [0.3, 0.4) is 0 Å². The average molecular weight is 810 g/mol. The van der Waals surface area contributed by atoms with Crippen LogP contribution in [0.15, 0.2) is 23.7 Å². The summed E-state index contributed by atoms with van der Waals surface area (Å²) in [5.74, 6) is -64.0. The number of rotatable bonds is 12. The van der Waals surface area contributed by atoms with Crippen LogP contribution in [0.2, 0.25) is 0 Å². The average Bonchev–Trinajstić information content (AvgIpc) is 2.79. The molecule has 0 aromatic carbocycles. The van der Waals surface area contributed by atoms with Crippen LogP contribution in [0, 0.1) is 0 Å². The van der Waals surface area contributed by atoms with Gasteiger partial charge in [-0.15, -0.1) is 0 Å². The van der Waals surface area contributed by atoms with E-state index in [1.54, 1.807) is 4.74 Å². The Kier molecular flexibility index (Phi) is 11.7. The normalized spacial score (nSPS) is 17.7. The molecule has 3 nitrogen and oxygen atoms in total. The molecule has 0 spiro atoms. The maximum atomic E-state index is 14.8. The van der Waals surface area contributed by atoms with Crippen LogP contribution in [0.5, 0.6) is 0 Å². The highest BCUT2D eigenvalue weighted by molar-refractivity contribution is 5.23. The van der Waals surface area contributed by atoms with Crippen molar-refractivity contribution < 1.29 is 146 Å². The van der Waals surface area contributed by atoms with Crippen molar-refractivity contribution in [2.24, 2.45) is 0 Å². The number of hydrogen-bond donors (Lipinski definition) is 0. The minimum absolute atomic E-state index is 1.12. The number of hydrogen-bond acceptors (Lipinski definition) is 3. The van der Waals surface area contributed by atoms with Gasteiger partial charge in [-0.2, -0.15) is 132 Å². The van der Waals surface area contributed by atoms with E-state index in [4.69, 9.17) is 0 Å². The molecular formula is C16F30O3. The fourth-order valence-corrected chi connectivity index (χ4v) is 2.24. The molecule has 0 bridgehead atoms. The van der Waals surface area contributed by atoms with Crippen LogP contribution >= 0.6 is 0 Å². The zero-order valence-electron chi connectivity index (χ0n) is 20.6. The molecule has 2 unspecified atom stereocenters. The molecule has 292 valence electrons. The van der Waals surface area contributed by atoms with Crippen molar-refractivity contribution in [3.8, 4) is 0 Å². The highest BCUT2D eigenvalue weighted by atomic mass is 19.5. The van der Waals surface area contributed by atoms with E-state index in [9.17, 15) is 132 Å². The Hall–Kier alpha value is -2.90. The largest absolute Gasteiger partial charge is 0.462 e. The van der Waals surface area contributed by atoms with Gasteiger partial charge in [0.1, 0.15) is 0 Å². The molecule has 0 aliphatic carbocycles. The molecule has 0 rings (SSSR count). The molecule has 0 N–H and O–H groups in total. The van der Waals surface area contributed by atoms with Gasteiger partial charge >= 0.3 is 84.5 Å². The number of alkyl halides is 26. The quantitative estimate of drug-likeness (QED) is 0.145. The van der Waals surface area contributed by atoms with Gasteiger partial charge in [0.2, 0.25) is 11.5 Å². The molecule has 2 atom stereocenters. The van der Waals surface area contributed by atoms with Crippen molar-refractivity contribution in [3.63, 3.8) is 0 Å². The lowest BCUT2D eigenvalue weighted by Gasteiger charge is -2.41. The molecule has 49 heavy (non-hydrogen) atoms. The summed E-state index contributed by atoms with van der Waals surface area (Å²) in [4.78, 5) is 0. The number of halogens is 30. The molecule has 0 saturated carbocycles. The van der Waals surface area contributed by atoms with Gasteiger partial charge in [-0.1, -0.05) is 0 Å². The molecule has 0 heterocycles. The zero-order valence-corrected chi connectivity index (χ0v) is 20.6. The molecular weight excluding hydrogens is 810 g/mol. The second kappa shape index (κ2) is 12.4. The van der Waals surface area contributed by atoms with Gasteiger partial charge in [0.15, 0.2) is 0 Å². The van der Waals surface area contributed by atoms with Gasteiger partial charge in [-0.3, -0.25) is 9.47 Å². The highest BCUT2D eigenvalue weighted by Crippen LogP contribution is 2.60. The van der Waals surface area contributed by atoms with Gasteiger partial charge in [0, 0.05) is 0 Å². The summed E-state index contributed by atoms with van der Waals surface area (Å²) >= 11 is 0. The van der Waals surface area contributed by atoms with Crippen molar-refractivity contribution in [3.05, 3.63) is 23.7 Å². The monoisotopic (exact) mass is 810 g/mol. The van der Waals surface area contributed by atoms with E-state index >= 15 is 0 Å². The van der Waals surface area contributed by atoms with Crippen LogP contribution in [-0.4, -0.2) is 72.3 Å². The summed E-state index contributed by atoms with van der Waals surface area (Å²) in [6.07, 6.45) is -61.7. The van der Waals surface area contributed by atoms with Crippen LogP contribution in [0.4, 0.5) is 132 Å². The van der Waals surface area contributed by atoms with Crippen LogP contribution in [0.1, 0.15) is 0 Å². The molecule has 0 radical (unpaired) electrons. The van der Waals surface area contributed by atoms with Crippen molar-refractivity contribution in [1.82, 2.24) is 0 Å². The first-order chi connectivity index (χ1) is 20.8. The van der Waals surface area contributed by atoms with Crippen LogP contribution < -0.4 is 0 Å². The van der Waals surface area contributed by atoms with E-state index in [2.05, 4.69) is 0 Å². The smallest absolute Gasteiger partial charge is 0.442 e. The van der Waals surface area contributed by atoms with Crippen molar-refractivity contribution in [2.45, 2.75) is 72.3 Å². The van der Waals surface area contributed by atoms with Gasteiger partial charge in [0.25, 0.3) is 0 Å². The van der Waals surface area contributed by atoms with Gasteiger partial charge in [-0.25, -0.2) is 0 Å². The summed E-state index contributed by atoms with van der Waals surface area (Å²) in [6.45, 7) is 0. The van der Waals surface area contributed by atoms with Gasteiger partial charge in [0.05, 0.1) is 0 Å². The molecule has 0 aliphatic rings. The first-order valence-corrected chi connectivity index (χ1v) is 9.89. The highest BCUT2D eigenvalue weighted by Gasteiger charge is 2.86. The third kappa shape index (κ3) is 7.58. The predicted octanol–water partition coefficient (Wildman–Crippen LogP) is 10.6. The molecule has 33 heteroatoms. The molecule has 0 saturated heterocycles. The second-order valence-electron chi connectivity index (χ2n) is 8.00. The first-order valence-electron chi connectivity index (χ1n) is 9.89. The van der Waals surface area contributed by atoms with Crippen LogP contribution in [-0.2, 0) is 14.2 Å². The van der Waals surface area contributed by atoms with Crippen molar-refractivity contribution in [2.75, 3.05) is 0 Å². The summed E-state index contributed by atoms with van der Waals surface area (Å²) in [6, 6.07) is 0. The van der Waals surface area contributed by atoms with Crippen molar-refractivity contribution in [1.29, 1.82) is 0 Å². The maximum absolute atomic E-state index is 14.8. The molecule has 0 aliphatic heterocycles. The summed E-state index contributed by atoms with van der Waals surface area (Å²) in [7, 11) is 0. The van der Waals surface area contributed by atoms with E-state index in [-0.39, 0.29) is 0 Å². The second-order valence-corrected chi connectivity index (χ2v) is 8.00. The van der Waals surface area contributed by atoms with E-state index in [1.807, 2.05) is 0 Å². The number of ether oxygens (including phenoxy) is 3. The molecule has 0 fully saturated rings. The van der Waals surface area contributed by atoms with E-state index < -0.39 is 96.0 Å². The van der Waals surface area contributed by atoms with Gasteiger partial charge in [-0.05, 0) is 0 Å². The van der Waals surface area contributed by atoms with E-state index in [1.165, 1.54) is 0 Å². The lowest BCUT2D eigenvalue weighted by molar-refractivity contribution is -0.490. The maximum Gasteiger partial charge on any atom is 0.462 e. The Labute approximate surface area is 243 Å². The fraction of sp³-hybridized carbons (Fsp3) is 0.750. The standard InChI is InChI=1S/C16F30O3/c17-3(18)1(5(21,7(23,24)11(31,32)33)48-15(43,44)9(27,28)13(37,38)39)47-2(4(19)20)6(22,8(25,26)12(34,35)36)49-16(45,46)10(29,30)14(40,41)42. The summed E-state index contributed by atoms with van der Waals surface area (Å²) in [5.41, 5.74) is 0. The summed E-state index contributed by atoms with van der Waals surface area (Å²) < 4.78 is 398. The van der Waals surface area contributed by atoms with E-state index in [0.29, 0.717) is 0 Å². The lowest BCUT2D eigenvalue weighted by atomic mass is 10.1. The first kappa shape index (κ1) is 46.1. The molecule has 0 amide bonds. The van der Waals surface area contributed by atoms with Crippen LogP contribution in [0.25, 0.3) is 0 Å². The SMILES string of the molecule is FC(F)=C(OC(=C(F)F)C(F)(OC(F)(F)C(F)(F)C(F)(F)F)C(F)(F)C(F)(F)F)C(F)(OC(F)(F)C(F)(F)C(F)(F)F)C(F)(F)C(F)(F)F. The Balaban J connectivity index is 8.31. The predicted molar refractivity (Wildman–Crippen MR) is 83.3 cm³/mol. The summed E-state index contributed by atoms with van der Waals surface area (Å²) in [5, 5.41) is 0. The van der Waals surface area contributed by atoms with Gasteiger partial charge < -0.3 is 4.74 Å². The van der Waals surface area contributed by atoms with E-state index in [0.717, 1.165) is 9.47 Å². The molecule has 0 aromatic heterocycles. The lowest BCUT2D eigenvalue weighted by Crippen LogP contribution is -2.65. The Morgan fingerprint density at radius 1 is 0.286 bits per heavy atom. The Morgan fingerprint density at radius 2 is 0.469 bits per heavy atom. The fourth-order valence-electron chi connectivity index (χ4n) is 2.24. The van der Waals surface area contributed by atoms with Crippen molar-refractivity contribution >= 4 is 0 Å². The topological polar surface area (TPSA) is 27.7 Å². The molecule has 0 aromatic rings. The third-order valence-electron chi connectivity index (χ3n) is 4.63.